The van der Waals surface area contributed by atoms with E-state index in [2.05, 4.69) is 9.88 Å². The summed E-state index contributed by atoms with van der Waals surface area (Å²) in [5, 5.41) is 10.9. The van der Waals surface area contributed by atoms with Gasteiger partial charge in [0.15, 0.2) is 0 Å². The van der Waals surface area contributed by atoms with Gasteiger partial charge >= 0.3 is 0 Å². The number of rotatable bonds is 8. The summed E-state index contributed by atoms with van der Waals surface area (Å²) in [6.45, 7) is 2.17. The largest absolute Gasteiger partial charge is 0.444 e. The molecule has 1 aliphatic carbocycles. The number of nitrogens with zero attached hydrogens (tertiary/aromatic N) is 2. The number of unbranched alkanes of at least 4 members (excludes halogenated alkanes) is 1. The average Bonchev–Trinajstić information content (AvgIpc) is 2.97. The third-order valence-corrected chi connectivity index (χ3v) is 4.42. The van der Waals surface area contributed by atoms with E-state index in [-0.39, 0.29) is 6.61 Å². The van der Waals surface area contributed by atoms with Gasteiger partial charge in [0.25, 0.3) is 0 Å². The van der Waals surface area contributed by atoms with Crippen molar-refractivity contribution in [2.24, 2.45) is 0 Å². The first-order valence-electron chi connectivity index (χ1n) is 7.20. The van der Waals surface area contributed by atoms with Crippen LogP contribution < -0.4 is 0 Å². The molecule has 1 aliphatic rings. The first kappa shape index (κ1) is 13.8. The van der Waals surface area contributed by atoms with Crippen molar-refractivity contribution >= 4 is 11.3 Å². The Morgan fingerprint density at radius 2 is 2.30 bits per heavy atom. The molecule has 2 aromatic rings. The van der Waals surface area contributed by atoms with Crippen LogP contribution in [-0.2, 0) is 6.54 Å². The van der Waals surface area contributed by atoms with Crippen LogP contribution in [0.2, 0.25) is 0 Å². The van der Waals surface area contributed by atoms with Crippen molar-refractivity contribution < 1.29 is 9.52 Å². The van der Waals surface area contributed by atoms with Gasteiger partial charge in [0, 0.05) is 19.2 Å². The van der Waals surface area contributed by atoms with E-state index >= 15 is 0 Å². The van der Waals surface area contributed by atoms with Gasteiger partial charge in [-0.3, -0.25) is 4.90 Å². The maximum absolute atomic E-state index is 8.89. The highest BCUT2D eigenvalue weighted by Gasteiger charge is 2.29. The summed E-state index contributed by atoms with van der Waals surface area (Å²) in [6, 6.07) is 4.74. The predicted molar refractivity (Wildman–Crippen MR) is 79.6 cm³/mol. The van der Waals surface area contributed by atoms with Crippen molar-refractivity contribution in [1.29, 1.82) is 0 Å². The number of aliphatic hydroxyl groups is 1. The summed E-state index contributed by atoms with van der Waals surface area (Å²) >= 11 is 1.65. The first-order chi connectivity index (χ1) is 9.86. The van der Waals surface area contributed by atoms with Crippen LogP contribution in [0.15, 0.2) is 28.2 Å². The maximum atomic E-state index is 8.89. The third-order valence-electron chi connectivity index (χ3n) is 3.57. The van der Waals surface area contributed by atoms with Gasteiger partial charge in [0.2, 0.25) is 5.89 Å². The molecule has 0 amide bonds. The molecule has 0 saturated heterocycles. The normalized spacial score (nSPS) is 15.1. The number of hydrogen-bond donors (Lipinski definition) is 1. The molecule has 1 fully saturated rings. The molecule has 1 saturated carbocycles. The van der Waals surface area contributed by atoms with E-state index in [1.54, 1.807) is 17.6 Å². The van der Waals surface area contributed by atoms with E-state index in [0.717, 1.165) is 42.4 Å². The van der Waals surface area contributed by atoms with E-state index in [1.807, 2.05) is 17.5 Å². The molecule has 0 radical (unpaired) electrons. The monoisotopic (exact) mass is 292 g/mol. The van der Waals surface area contributed by atoms with Crippen LogP contribution in [0.3, 0.4) is 0 Å². The molecule has 0 bridgehead atoms. The zero-order valence-electron chi connectivity index (χ0n) is 11.5. The molecular weight excluding hydrogens is 272 g/mol. The summed E-state index contributed by atoms with van der Waals surface area (Å²) in [6.07, 6.45) is 6.27. The van der Waals surface area contributed by atoms with E-state index in [0.29, 0.717) is 6.04 Å². The standard InChI is InChI=1S/C15H20N2O2S/c18-8-2-1-7-17(13-5-6-13)10-12-11-19-15(16-12)14-4-3-9-20-14/h3-4,9,11,13,18H,1-2,5-8,10H2. The molecule has 3 rings (SSSR count). The fourth-order valence-electron chi connectivity index (χ4n) is 2.36. The van der Waals surface area contributed by atoms with Gasteiger partial charge < -0.3 is 9.52 Å². The molecular formula is C15H20N2O2S. The lowest BCUT2D eigenvalue weighted by molar-refractivity contribution is 0.227. The fourth-order valence-corrected chi connectivity index (χ4v) is 3.01. The number of aliphatic hydroxyl groups excluding tert-OH is 1. The molecule has 2 heterocycles. The Morgan fingerprint density at radius 3 is 3.00 bits per heavy atom. The van der Waals surface area contributed by atoms with Crippen LogP contribution >= 0.6 is 11.3 Å². The minimum atomic E-state index is 0.283. The molecule has 0 aromatic carbocycles. The minimum Gasteiger partial charge on any atom is -0.444 e. The Balaban J connectivity index is 1.60. The smallest absolute Gasteiger partial charge is 0.236 e. The average molecular weight is 292 g/mol. The van der Waals surface area contributed by atoms with Gasteiger partial charge in [-0.25, -0.2) is 4.98 Å². The lowest BCUT2D eigenvalue weighted by Crippen LogP contribution is -2.27. The highest BCUT2D eigenvalue weighted by molar-refractivity contribution is 7.13. The van der Waals surface area contributed by atoms with Gasteiger partial charge in [0.1, 0.15) is 6.26 Å². The molecule has 0 atom stereocenters. The summed E-state index contributed by atoms with van der Waals surface area (Å²) in [7, 11) is 0. The van der Waals surface area contributed by atoms with E-state index in [4.69, 9.17) is 9.52 Å². The molecule has 0 unspecified atom stereocenters. The first-order valence-corrected chi connectivity index (χ1v) is 8.08. The molecule has 5 heteroatoms. The summed E-state index contributed by atoms with van der Waals surface area (Å²) in [4.78, 5) is 8.13. The molecule has 4 nitrogen and oxygen atoms in total. The fraction of sp³-hybridized carbons (Fsp3) is 0.533. The molecule has 2 aromatic heterocycles. The van der Waals surface area contributed by atoms with Crippen molar-refractivity contribution in [2.75, 3.05) is 13.2 Å². The number of aromatic nitrogens is 1. The minimum absolute atomic E-state index is 0.283. The Kier molecular flexibility index (Phi) is 4.50. The van der Waals surface area contributed by atoms with E-state index in [1.165, 1.54) is 12.8 Å². The van der Waals surface area contributed by atoms with Gasteiger partial charge in [0.05, 0.1) is 10.6 Å². The maximum Gasteiger partial charge on any atom is 0.236 e. The van der Waals surface area contributed by atoms with Gasteiger partial charge in [-0.2, -0.15) is 0 Å². The van der Waals surface area contributed by atoms with Crippen LogP contribution in [-0.4, -0.2) is 34.2 Å². The number of oxazole rings is 1. The van der Waals surface area contributed by atoms with Crippen LogP contribution in [0.4, 0.5) is 0 Å². The van der Waals surface area contributed by atoms with Crippen LogP contribution in [0.5, 0.6) is 0 Å². The van der Waals surface area contributed by atoms with Crippen molar-refractivity contribution in [3.8, 4) is 10.8 Å². The van der Waals surface area contributed by atoms with Crippen LogP contribution in [0.1, 0.15) is 31.4 Å². The second kappa shape index (κ2) is 6.52. The molecule has 108 valence electrons. The lowest BCUT2D eigenvalue weighted by Gasteiger charge is -2.20. The van der Waals surface area contributed by atoms with E-state index < -0.39 is 0 Å². The molecule has 0 spiro atoms. The van der Waals surface area contributed by atoms with Crippen molar-refractivity contribution in [2.45, 2.75) is 38.3 Å². The molecule has 0 aliphatic heterocycles. The zero-order chi connectivity index (χ0) is 13.8. The topological polar surface area (TPSA) is 49.5 Å². The summed E-state index contributed by atoms with van der Waals surface area (Å²) < 4.78 is 5.57. The van der Waals surface area contributed by atoms with Gasteiger partial charge in [-0.15, -0.1) is 11.3 Å². The molecule has 20 heavy (non-hydrogen) atoms. The second-order valence-electron chi connectivity index (χ2n) is 5.25. The summed E-state index contributed by atoms with van der Waals surface area (Å²) in [5.74, 6) is 0.723. The molecule has 1 N–H and O–H groups in total. The zero-order valence-corrected chi connectivity index (χ0v) is 12.3. The highest BCUT2D eigenvalue weighted by atomic mass is 32.1. The quantitative estimate of drug-likeness (QED) is 0.759. The Bertz CT molecular complexity index is 520. The number of hydrogen-bond acceptors (Lipinski definition) is 5. The Morgan fingerprint density at radius 1 is 1.40 bits per heavy atom. The predicted octanol–water partition coefficient (Wildman–Crippen LogP) is 3.14. The lowest BCUT2D eigenvalue weighted by atomic mass is 10.3. The van der Waals surface area contributed by atoms with Crippen LogP contribution in [0, 0.1) is 0 Å². The van der Waals surface area contributed by atoms with Gasteiger partial charge in [-0.1, -0.05) is 6.07 Å². The second-order valence-corrected chi connectivity index (χ2v) is 6.20. The van der Waals surface area contributed by atoms with E-state index in [9.17, 15) is 0 Å². The van der Waals surface area contributed by atoms with Crippen LogP contribution in [0.25, 0.3) is 10.8 Å². The van der Waals surface area contributed by atoms with Crippen molar-refractivity contribution in [3.05, 3.63) is 29.5 Å². The van der Waals surface area contributed by atoms with Gasteiger partial charge in [-0.05, 0) is 43.7 Å². The Hall–Kier alpha value is -1.17. The van der Waals surface area contributed by atoms with Crippen molar-refractivity contribution in [1.82, 2.24) is 9.88 Å². The Labute approximate surface area is 123 Å². The number of thiophene rings is 1. The highest BCUT2D eigenvalue weighted by Crippen LogP contribution is 2.29. The SMILES string of the molecule is OCCCCN(Cc1coc(-c2cccs2)n1)C1CC1. The third kappa shape index (κ3) is 3.48. The van der Waals surface area contributed by atoms with Crippen molar-refractivity contribution in [3.63, 3.8) is 0 Å². The summed E-state index contributed by atoms with van der Waals surface area (Å²) in [5.41, 5.74) is 1.00.